The zero-order valence-corrected chi connectivity index (χ0v) is 9.98. The maximum absolute atomic E-state index is 12.1. The highest BCUT2D eigenvalue weighted by atomic mass is 16.6. The molecular formula is C14H17NO2. The maximum atomic E-state index is 12.1. The second-order valence-corrected chi connectivity index (χ2v) is 5.05. The Morgan fingerprint density at radius 1 is 1.41 bits per heavy atom. The minimum Gasteiger partial charge on any atom is -0.461 e. The zero-order valence-electron chi connectivity index (χ0n) is 9.98. The molecule has 3 rings (SSSR count). The highest BCUT2D eigenvalue weighted by Gasteiger charge is 2.54. The summed E-state index contributed by atoms with van der Waals surface area (Å²) < 4.78 is 5.43. The number of nitrogens with one attached hydrogen (secondary N) is 1. The number of carbonyl (C=O) groups excluding carboxylic acids is 1. The molecule has 2 fully saturated rings. The van der Waals surface area contributed by atoms with E-state index in [9.17, 15) is 4.79 Å². The molecule has 3 nitrogen and oxygen atoms in total. The van der Waals surface area contributed by atoms with Gasteiger partial charge >= 0.3 is 5.97 Å². The van der Waals surface area contributed by atoms with Crippen LogP contribution in [0.15, 0.2) is 30.3 Å². The average Bonchev–Trinajstić information content (AvgIpc) is 2.60. The number of carbonyl (C=O) groups is 1. The molecule has 1 N–H and O–H groups in total. The van der Waals surface area contributed by atoms with E-state index >= 15 is 0 Å². The molecule has 0 spiro atoms. The van der Waals surface area contributed by atoms with E-state index in [1.54, 1.807) is 0 Å². The second-order valence-electron chi connectivity index (χ2n) is 5.05. The fourth-order valence-electron chi connectivity index (χ4n) is 3.04. The largest absolute Gasteiger partial charge is 0.461 e. The number of rotatable bonds is 2. The van der Waals surface area contributed by atoms with Gasteiger partial charge in [-0.15, -0.1) is 0 Å². The topological polar surface area (TPSA) is 38.3 Å². The standard InChI is InChI=1S/C14H17NO2/c1-10(11-5-3-2-4-6-11)14-9-12(7-8-15-14)17-13(14)16/h2-6,10,12,15H,7-9H2,1H3/t10-,12?,14?/m0/s1. The number of ether oxygens (including phenoxy) is 1. The Morgan fingerprint density at radius 2 is 2.18 bits per heavy atom. The highest BCUT2D eigenvalue weighted by molar-refractivity contribution is 5.85. The maximum Gasteiger partial charge on any atom is 0.327 e. The summed E-state index contributed by atoms with van der Waals surface area (Å²) in [7, 11) is 0. The van der Waals surface area contributed by atoms with E-state index in [0.29, 0.717) is 0 Å². The van der Waals surface area contributed by atoms with Crippen LogP contribution in [0.25, 0.3) is 0 Å². The molecule has 3 atom stereocenters. The third-order valence-electron chi connectivity index (χ3n) is 4.13. The van der Waals surface area contributed by atoms with Gasteiger partial charge < -0.3 is 10.1 Å². The molecular weight excluding hydrogens is 214 g/mol. The van der Waals surface area contributed by atoms with E-state index in [1.165, 1.54) is 5.56 Å². The van der Waals surface area contributed by atoms with Gasteiger partial charge in [0.2, 0.25) is 0 Å². The normalized spacial score (nSPS) is 33.2. The fraction of sp³-hybridized carbons (Fsp3) is 0.500. The smallest absolute Gasteiger partial charge is 0.327 e. The van der Waals surface area contributed by atoms with Gasteiger partial charge in [0.1, 0.15) is 11.6 Å². The molecule has 0 aromatic heterocycles. The lowest BCUT2D eigenvalue weighted by molar-refractivity contribution is -0.145. The molecule has 17 heavy (non-hydrogen) atoms. The molecule has 1 aromatic carbocycles. The van der Waals surface area contributed by atoms with Crippen molar-refractivity contribution in [2.75, 3.05) is 6.54 Å². The van der Waals surface area contributed by atoms with Crippen molar-refractivity contribution in [1.29, 1.82) is 0 Å². The monoisotopic (exact) mass is 231 g/mol. The number of hydrogen-bond donors (Lipinski definition) is 1. The number of esters is 1. The number of fused-ring (bicyclic) bond motifs is 2. The van der Waals surface area contributed by atoms with Gasteiger partial charge in [0, 0.05) is 12.3 Å². The Labute approximate surface area is 101 Å². The van der Waals surface area contributed by atoms with E-state index in [0.717, 1.165) is 19.4 Å². The van der Waals surface area contributed by atoms with E-state index < -0.39 is 5.54 Å². The molecule has 0 amide bonds. The number of hydrogen-bond acceptors (Lipinski definition) is 3. The summed E-state index contributed by atoms with van der Waals surface area (Å²) in [4.78, 5) is 12.1. The van der Waals surface area contributed by atoms with Crippen LogP contribution in [0.1, 0.15) is 31.2 Å². The summed E-state index contributed by atoms with van der Waals surface area (Å²) in [6.07, 6.45) is 1.87. The van der Waals surface area contributed by atoms with Gasteiger partial charge in [0.15, 0.2) is 0 Å². The van der Waals surface area contributed by atoms with Crippen LogP contribution in [0.2, 0.25) is 0 Å². The zero-order chi connectivity index (χ0) is 11.9. The Hall–Kier alpha value is -1.35. The van der Waals surface area contributed by atoms with Crippen LogP contribution >= 0.6 is 0 Å². The Bertz CT molecular complexity index is 431. The van der Waals surface area contributed by atoms with E-state index in [2.05, 4.69) is 24.4 Å². The minimum absolute atomic E-state index is 0.0728. The van der Waals surface area contributed by atoms with Crippen molar-refractivity contribution < 1.29 is 9.53 Å². The summed E-state index contributed by atoms with van der Waals surface area (Å²) in [6.45, 7) is 2.98. The highest BCUT2D eigenvalue weighted by Crippen LogP contribution is 2.41. The summed E-state index contributed by atoms with van der Waals surface area (Å²) >= 11 is 0. The van der Waals surface area contributed by atoms with Crippen molar-refractivity contribution in [3.05, 3.63) is 35.9 Å². The molecule has 2 heterocycles. The third kappa shape index (κ3) is 1.57. The molecule has 3 heteroatoms. The van der Waals surface area contributed by atoms with Gasteiger partial charge in [0.25, 0.3) is 0 Å². The first-order valence-electron chi connectivity index (χ1n) is 6.23. The number of piperidine rings is 1. The molecule has 90 valence electrons. The lowest BCUT2D eigenvalue weighted by Gasteiger charge is -2.35. The summed E-state index contributed by atoms with van der Waals surface area (Å²) in [5.74, 6) is 0.0813. The van der Waals surface area contributed by atoms with Crippen LogP contribution in [0.4, 0.5) is 0 Å². The van der Waals surface area contributed by atoms with Crippen molar-refractivity contribution in [1.82, 2.24) is 5.32 Å². The third-order valence-corrected chi connectivity index (χ3v) is 4.13. The molecule has 0 saturated carbocycles. The molecule has 2 unspecified atom stereocenters. The molecule has 2 aliphatic rings. The quantitative estimate of drug-likeness (QED) is 0.789. The number of benzene rings is 1. The minimum atomic E-state index is -0.496. The van der Waals surface area contributed by atoms with Gasteiger partial charge in [-0.3, -0.25) is 4.79 Å². The van der Waals surface area contributed by atoms with Crippen molar-refractivity contribution in [2.45, 2.75) is 37.3 Å². The molecule has 0 aliphatic carbocycles. The van der Waals surface area contributed by atoms with Crippen LogP contribution in [0.5, 0.6) is 0 Å². The van der Waals surface area contributed by atoms with Crippen molar-refractivity contribution >= 4 is 5.97 Å². The molecule has 2 aliphatic heterocycles. The van der Waals surface area contributed by atoms with Crippen molar-refractivity contribution in [3.63, 3.8) is 0 Å². The molecule has 1 aromatic rings. The first-order chi connectivity index (χ1) is 8.22. The SMILES string of the molecule is C[C@@H](c1ccccc1)C12CC(CCN1)OC2=O. The Balaban J connectivity index is 1.95. The summed E-state index contributed by atoms with van der Waals surface area (Å²) in [5.41, 5.74) is 0.698. The van der Waals surface area contributed by atoms with Gasteiger partial charge in [0.05, 0.1) is 0 Å². The van der Waals surface area contributed by atoms with Crippen LogP contribution < -0.4 is 5.32 Å². The summed E-state index contributed by atoms with van der Waals surface area (Å²) in [5, 5.41) is 3.40. The van der Waals surface area contributed by atoms with Crippen molar-refractivity contribution in [3.8, 4) is 0 Å². The molecule has 2 bridgehead atoms. The first kappa shape index (κ1) is 10.8. The Kier molecular flexibility index (Phi) is 2.44. The van der Waals surface area contributed by atoms with E-state index in [4.69, 9.17) is 4.74 Å². The molecule has 0 radical (unpaired) electrons. The van der Waals surface area contributed by atoms with Gasteiger partial charge in [-0.2, -0.15) is 0 Å². The van der Waals surface area contributed by atoms with E-state index in [-0.39, 0.29) is 18.0 Å². The first-order valence-corrected chi connectivity index (χ1v) is 6.23. The lowest BCUT2D eigenvalue weighted by atomic mass is 9.76. The molecule has 2 saturated heterocycles. The second kappa shape index (κ2) is 3.84. The van der Waals surface area contributed by atoms with Gasteiger partial charge in [-0.1, -0.05) is 37.3 Å². The van der Waals surface area contributed by atoms with Crippen molar-refractivity contribution in [2.24, 2.45) is 0 Å². The van der Waals surface area contributed by atoms with Gasteiger partial charge in [-0.05, 0) is 18.5 Å². The fourth-order valence-corrected chi connectivity index (χ4v) is 3.04. The average molecular weight is 231 g/mol. The predicted molar refractivity (Wildman–Crippen MR) is 64.7 cm³/mol. The van der Waals surface area contributed by atoms with Crippen LogP contribution in [0, 0.1) is 0 Å². The van der Waals surface area contributed by atoms with E-state index in [1.807, 2.05) is 18.2 Å². The van der Waals surface area contributed by atoms with Crippen LogP contribution in [-0.2, 0) is 9.53 Å². The van der Waals surface area contributed by atoms with Crippen LogP contribution in [0.3, 0.4) is 0 Å². The lowest BCUT2D eigenvalue weighted by Crippen LogP contribution is -2.55. The van der Waals surface area contributed by atoms with Gasteiger partial charge in [-0.25, -0.2) is 0 Å². The Morgan fingerprint density at radius 3 is 2.94 bits per heavy atom. The van der Waals surface area contributed by atoms with Crippen LogP contribution in [-0.4, -0.2) is 24.2 Å². The summed E-state index contributed by atoms with van der Waals surface area (Å²) in [6, 6.07) is 10.2. The predicted octanol–water partition coefficient (Wildman–Crippen LogP) is 1.84.